The summed E-state index contributed by atoms with van der Waals surface area (Å²) >= 11 is 0.848. The van der Waals surface area contributed by atoms with Crippen molar-refractivity contribution < 1.29 is 14.4 Å². The number of amides is 3. The van der Waals surface area contributed by atoms with Crippen molar-refractivity contribution in [2.24, 2.45) is 0 Å². The van der Waals surface area contributed by atoms with Gasteiger partial charge in [0.1, 0.15) is 0 Å². The van der Waals surface area contributed by atoms with Crippen LogP contribution >= 0.6 is 11.8 Å². The average Bonchev–Trinajstić information content (AvgIpc) is 3.01. The van der Waals surface area contributed by atoms with Crippen molar-refractivity contribution in [3.8, 4) is 0 Å². The number of fused-ring (bicyclic) bond motifs is 1. The molecule has 9 heteroatoms. The maximum absolute atomic E-state index is 12.6. The standard InChI is InChI=1S/C21H16N4O4S/c26-18-11-15(14-5-1-2-6-16(14)24-18)19(27)23-8-9-25-20(28)17(30-21(25)29)10-13-4-3-7-22-12-13/h1-7,10-12H,8-9H2,(H,23,27)(H,24,26). The van der Waals surface area contributed by atoms with E-state index in [0.717, 1.165) is 22.2 Å². The lowest BCUT2D eigenvalue weighted by Gasteiger charge is -2.13. The minimum absolute atomic E-state index is 0.0297. The summed E-state index contributed by atoms with van der Waals surface area (Å²) in [7, 11) is 0. The number of carbonyl (C=O) groups excluding carboxylic acids is 3. The monoisotopic (exact) mass is 420 g/mol. The Morgan fingerprint density at radius 2 is 2.00 bits per heavy atom. The normalized spacial score (nSPS) is 15.2. The zero-order valence-corrected chi connectivity index (χ0v) is 16.4. The molecule has 4 rings (SSSR count). The molecule has 150 valence electrons. The van der Waals surface area contributed by atoms with Gasteiger partial charge in [-0.2, -0.15) is 0 Å². The van der Waals surface area contributed by atoms with Gasteiger partial charge in [0.15, 0.2) is 0 Å². The van der Waals surface area contributed by atoms with E-state index in [0.29, 0.717) is 15.8 Å². The molecule has 1 aliphatic rings. The summed E-state index contributed by atoms with van der Waals surface area (Å²) < 4.78 is 0. The number of aromatic amines is 1. The van der Waals surface area contributed by atoms with Crippen LogP contribution in [0.4, 0.5) is 4.79 Å². The highest BCUT2D eigenvalue weighted by atomic mass is 32.2. The van der Waals surface area contributed by atoms with Gasteiger partial charge in [0.2, 0.25) is 5.56 Å². The third-order valence-electron chi connectivity index (χ3n) is 4.47. The number of benzene rings is 1. The Morgan fingerprint density at radius 3 is 2.80 bits per heavy atom. The van der Waals surface area contributed by atoms with Gasteiger partial charge in [0.25, 0.3) is 17.1 Å². The minimum Gasteiger partial charge on any atom is -0.350 e. The van der Waals surface area contributed by atoms with Crippen molar-refractivity contribution >= 4 is 45.8 Å². The highest BCUT2D eigenvalue weighted by Gasteiger charge is 2.34. The Hall–Kier alpha value is -3.72. The molecule has 2 aromatic heterocycles. The van der Waals surface area contributed by atoms with Gasteiger partial charge in [-0.05, 0) is 35.5 Å². The first-order chi connectivity index (χ1) is 14.5. The van der Waals surface area contributed by atoms with Crippen molar-refractivity contribution in [2.75, 3.05) is 13.1 Å². The van der Waals surface area contributed by atoms with Crippen LogP contribution in [0.1, 0.15) is 15.9 Å². The Bertz CT molecular complexity index is 1240. The molecule has 0 saturated carbocycles. The number of para-hydroxylation sites is 1. The fourth-order valence-electron chi connectivity index (χ4n) is 3.07. The van der Waals surface area contributed by atoms with E-state index >= 15 is 0 Å². The van der Waals surface area contributed by atoms with Gasteiger partial charge in [-0.3, -0.25) is 29.1 Å². The second-order valence-electron chi connectivity index (χ2n) is 6.47. The van der Waals surface area contributed by atoms with Crippen LogP contribution in [0, 0.1) is 0 Å². The van der Waals surface area contributed by atoms with Crippen molar-refractivity contribution in [2.45, 2.75) is 0 Å². The first-order valence-electron chi connectivity index (χ1n) is 9.08. The minimum atomic E-state index is -0.449. The number of hydrogen-bond acceptors (Lipinski definition) is 6. The first-order valence-corrected chi connectivity index (χ1v) is 9.90. The summed E-state index contributed by atoms with van der Waals surface area (Å²) in [6, 6.07) is 11.7. The van der Waals surface area contributed by atoms with Gasteiger partial charge < -0.3 is 10.3 Å². The van der Waals surface area contributed by atoms with E-state index in [4.69, 9.17) is 0 Å². The third kappa shape index (κ3) is 4.01. The van der Waals surface area contributed by atoms with Crippen LogP contribution in [-0.4, -0.2) is 45.0 Å². The smallest absolute Gasteiger partial charge is 0.293 e. The van der Waals surface area contributed by atoms with E-state index in [2.05, 4.69) is 15.3 Å². The van der Waals surface area contributed by atoms with E-state index in [1.807, 2.05) is 0 Å². The highest BCUT2D eigenvalue weighted by Crippen LogP contribution is 2.31. The molecular formula is C21H16N4O4S. The predicted molar refractivity (Wildman–Crippen MR) is 114 cm³/mol. The van der Waals surface area contributed by atoms with Crippen LogP contribution in [0.2, 0.25) is 0 Å². The fraction of sp³-hybridized carbons (Fsp3) is 0.0952. The zero-order valence-electron chi connectivity index (χ0n) is 15.6. The molecule has 30 heavy (non-hydrogen) atoms. The molecule has 0 bridgehead atoms. The van der Waals surface area contributed by atoms with Crippen LogP contribution in [0.5, 0.6) is 0 Å². The van der Waals surface area contributed by atoms with Gasteiger partial charge in [-0.25, -0.2) is 0 Å². The van der Waals surface area contributed by atoms with E-state index in [-0.39, 0.29) is 24.2 Å². The molecule has 1 saturated heterocycles. The van der Waals surface area contributed by atoms with Crippen molar-refractivity contribution in [1.82, 2.24) is 20.2 Å². The Labute approximate surface area is 175 Å². The molecule has 1 aliphatic heterocycles. The number of pyridine rings is 2. The second-order valence-corrected chi connectivity index (χ2v) is 7.46. The van der Waals surface area contributed by atoms with E-state index < -0.39 is 17.1 Å². The SMILES string of the molecule is O=C(NCCN1C(=O)SC(=Cc2cccnc2)C1=O)c1cc(=O)[nH]c2ccccc12. The molecule has 1 aromatic carbocycles. The van der Waals surface area contributed by atoms with E-state index in [9.17, 15) is 19.2 Å². The third-order valence-corrected chi connectivity index (χ3v) is 5.38. The van der Waals surface area contributed by atoms with Gasteiger partial charge in [-0.1, -0.05) is 24.3 Å². The molecular weight excluding hydrogens is 404 g/mol. The average molecular weight is 420 g/mol. The molecule has 0 aliphatic carbocycles. The molecule has 1 fully saturated rings. The molecule has 0 unspecified atom stereocenters. The summed E-state index contributed by atoms with van der Waals surface area (Å²) in [4.78, 5) is 57.2. The number of carbonyl (C=O) groups is 3. The molecule has 8 nitrogen and oxygen atoms in total. The molecule has 0 spiro atoms. The summed E-state index contributed by atoms with van der Waals surface area (Å²) in [5.41, 5.74) is 1.13. The maximum Gasteiger partial charge on any atom is 0.293 e. The molecule has 0 radical (unpaired) electrons. The number of nitrogens with zero attached hydrogens (tertiary/aromatic N) is 2. The largest absolute Gasteiger partial charge is 0.350 e. The lowest BCUT2D eigenvalue weighted by molar-refractivity contribution is -0.122. The zero-order chi connectivity index (χ0) is 21.1. The quantitative estimate of drug-likeness (QED) is 0.613. The van der Waals surface area contributed by atoms with Crippen LogP contribution in [0.15, 0.2) is 64.6 Å². The number of H-pyrrole nitrogens is 1. The Morgan fingerprint density at radius 1 is 1.17 bits per heavy atom. The summed E-state index contributed by atoms with van der Waals surface area (Å²) in [5.74, 6) is -0.861. The maximum atomic E-state index is 12.6. The Kier molecular flexibility index (Phi) is 5.44. The molecule has 2 N–H and O–H groups in total. The summed E-state index contributed by atoms with van der Waals surface area (Å²) in [6.07, 6.45) is 4.83. The first kappa shape index (κ1) is 19.6. The van der Waals surface area contributed by atoms with E-state index in [1.165, 1.54) is 6.07 Å². The van der Waals surface area contributed by atoms with Crippen LogP contribution in [0.3, 0.4) is 0 Å². The summed E-state index contributed by atoms with van der Waals surface area (Å²) in [6.45, 7) is 0.0973. The Balaban J connectivity index is 1.43. The number of nitrogens with one attached hydrogen (secondary N) is 2. The number of rotatable bonds is 5. The van der Waals surface area contributed by atoms with Gasteiger partial charge in [0, 0.05) is 42.5 Å². The number of imide groups is 1. The van der Waals surface area contributed by atoms with E-state index in [1.54, 1.807) is 54.9 Å². The summed E-state index contributed by atoms with van der Waals surface area (Å²) in [5, 5.41) is 2.89. The van der Waals surface area contributed by atoms with Crippen LogP contribution < -0.4 is 10.9 Å². The molecule has 3 amide bonds. The topological polar surface area (TPSA) is 112 Å². The van der Waals surface area contributed by atoms with Crippen molar-refractivity contribution in [3.05, 3.63) is 81.2 Å². The van der Waals surface area contributed by atoms with Crippen molar-refractivity contribution in [3.63, 3.8) is 0 Å². The predicted octanol–water partition coefficient (Wildman–Crippen LogP) is 2.39. The van der Waals surface area contributed by atoms with Crippen LogP contribution in [0.25, 0.3) is 17.0 Å². The number of thioether (sulfide) groups is 1. The lowest BCUT2D eigenvalue weighted by Crippen LogP contribution is -2.37. The number of aromatic nitrogens is 2. The lowest BCUT2D eigenvalue weighted by atomic mass is 10.1. The fourth-order valence-corrected chi connectivity index (χ4v) is 3.94. The highest BCUT2D eigenvalue weighted by molar-refractivity contribution is 8.18. The van der Waals surface area contributed by atoms with Gasteiger partial charge >= 0.3 is 0 Å². The second kappa shape index (κ2) is 8.34. The molecule has 3 heterocycles. The number of hydrogen-bond donors (Lipinski definition) is 2. The van der Waals surface area contributed by atoms with Crippen LogP contribution in [-0.2, 0) is 4.79 Å². The van der Waals surface area contributed by atoms with Gasteiger partial charge in [-0.15, -0.1) is 0 Å². The molecule has 0 atom stereocenters. The van der Waals surface area contributed by atoms with Crippen molar-refractivity contribution in [1.29, 1.82) is 0 Å². The van der Waals surface area contributed by atoms with Gasteiger partial charge in [0.05, 0.1) is 10.5 Å². The molecule has 3 aromatic rings.